The second kappa shape index (κ2) is 4.01. The van der Waals surface area contributed by atoms with E-state index in [9.17, 15) is 4.79 Å². The van der Waals surface area contributed by atoms with Crippen LogP contribution in [0.15, 0.2) is 18.9 Å². The largest absolute Gasteiger partial charge is 0.354 e. The minimum Gasteiger partial charge on any atom is -0.354 e. The monoisotopic (exact) mass is 182 g/mol. The molecule has 0 atom stereocenters. The van der Waals surface area contributed by atoms with Crippen LogP contribution in [0.5, 0.6) is 0 Å². The average Bonchev–Trinajstić information content (AvgIpc) is 2.52. The molecule has 12 heavy (non-hydrogen) atoms. The number of thiazole rings is 1. The number of hydrogen-bond donors (Lipinski definition) is 1. The Morgan fingerprint density at radius 1 is 1.92 bits per heavy atom. The van der Waals surface area contributed by atoms with Gasteiger partial charge in [-0.3, -0.25) is 4.79 Å². The zero-order valence-corrected chi connectivity index (χ0v) is 7.65. The van der Waals surface area contributed by atoms with Crippen LogP contribution in [0.3, 0.4) is 0 Å². The van der Waals surface area contributed by atoms with E-state index in [-0.39, 0.29) is 5.91 Å². The van der Waals surface area contributed by atoms with Crippen molar-refractivity contribution in [3.05, 3.63) is 28.7 Å². The lowest BCUT2D eigenvalue weighted by Gasteiger charge is -1.90. The molecule has 1 rings (SSSR count). The van der Waals surface area contributed by atoms with Gasteiger partial charge in [0.05, 0.1) is 11.2 Å². The van der Waals surface area contributed by atoms with E-state index in [4.69, 9.17) is 0 Å². The fraction of sp³-hybridized carbons (Fsp3) is 0.250. The molecule has 0 spiro atoms. The molecule has 0 unspecified atom stereocenters. The van der Waals surface area contributed by atoms with Gasteiger partial charge in [0.1, 0.15) is 4.88 Å². The van der Waals surface area contributed by atoms with Gasteiger partial charge in [0.2, 0.25) is 0 Å². The molecule has 1 heterocycles. The van der Waals surface area contributed by atoms with Gasteiger partial charge in [0.25, 0.3) is 5.91 Å². The summed E-state index contributed by atoms with van der Waals surface area (Å²) in [5.41, 5.74) is 0. The molecule has 0 fully saturated rings. The molecule has 64 valence electrons. The molecule has 0 aliphatic heterocycles. The van der Waals surface area contributed by atoms with Crippen molar-refractivity contribution < 1.29 is 4.79 Å². The number of hydrogen-bond acceptors (Lipinski definition) is 3. The zero-order valence-electron chi connectivity index (χ0n) is 6.83. The summed E-state index contributed by atoms with van der Waals surface area (Å²) >= 11 is 1.40. The molecule has 0 aliphatic carbocycles. The molecule has 0 saturated carbocycles. The molecule has 1 amide bonds. The van der Waals surface area contributed by atoms with Gasteiger partial charge in [-0.15, -0.1) is 17.9 Å². The number of aromatic nitrogens is 1. The van der Waals surface area contributed by atoms with Crippen molar-refractivity contribution in [1.82, 2.24) is 10.3 Å². The Kier molecular flexibility index (Phi) is 2.99. The van der Waals surface area contributed by atoms with Crippen molar-refractivity contribution in [2.24, 2.45) is 0 Å². The van der Waals surface area contributed by atoms with Gasteiger partial charge in [-0.05, 0) is 0 Å². The Balaban J connectivity index is 2.76. The molecule has 1 aromatic rings. The molecule has 0 bridgehead atoms. The molecule has 4 heteroatoms. The maximum Gasteiger partial charge on any atom is 0.262 e. The van der Waals surface area contributed by atoms with Crippen LogP contribution >= 0.6 is 11.3 Å². The Bertz CT molecular complexity index is 293. The molecular formula is C8H10N2OS. The minimum atomic E-state index is -0.0807. The first-order valence-corrected chi connectivity index (χ1v) is 4.37. The lowest BCUT2D eigenvalue weighted by atomic mass is 10.4. The van der Waals surface area contributed by atoms with Gasteiger partial charge in [-0.25, -0.2) is 4.98 Å². The van der Waals surface area contributed by atoms with E-state index in [1.54, 1.807) is 19.3 Å². The van der Waals surface area contributed by atoms with Crippen molar-refractivity contribution in [2.75, 3.05) is 7.05 Å². The quantitative estimate of drug-likeness (QED) is 0.714. The minimum absolute atomic E-state index is 0.0807. The lowest BCUT2D eigenvalue weighted by molar-refractivity contribution is 0.0967. The van der Waals surface area contributed by atoms with Crippen LogP contribution < -0.4 is 5.32 Å². The van der Waals surface area contributed by atoms with Crippen LogP contribution in [0, 0.1) is 0 Å². The topological polar surface area (TPSA) is 42.0 Å². The van der Waals surface area contributed by atoms with Crippen LogP contribution in [-0.2, 0) is 6.42 Å². The van der Waals surface area contributed by atoms with Crippen LogP contribution in [0.2, 0.25) is 0 Å². The van der Waals surface area contributed by atoms with Crippen LogP contribution in [0.4, 0.5) is 0 Å². The molecule has 1 aromatic heterocycles. The second-order valence-corrected chi connectivity index (χ2v) is 3.31. The highest BCUT2D eigenvalue weighted by molar-refractivity contribution is 7.13. The van der Waals surface area contributed by atoms with Crippen molar-refractivity contribution in [3.63, 3.8) is 0 Å². The first-order valence-electron chi connectivity index (χ1n) is 3.55. The molecule has 3 nitrogen and oxygen atoms in total. The number of carbonyl (C=O) groups excluding carboxylic acids is 1. The maximum atomic E-state index is 11.1. The predicted octanol–water partition coefficient (Wildman–Crippen LogP) is 1.23. The lowest BCUT2D eigenvalue weighted by Crippen LogP contribution is -2.16. The third kappa shape index (κ3) is 1.92. The summed E-state index contributed by atoms with van der Waals surface area (Å²) in [4.78, 5) is 15.8. The summed E-state index contributed by atoms with van der Waals surface area (Å²) in [5.74, 6) is -0.0807. The third-order valence-corrected chi connectivity index (χ3v) is 2.34. The molecule has 0 radical (unpaired) electrons. The highest BCUT2D eigenvalue weighted by atomic mass is 32.1. The normalized spacial score (nSPS) is 9.42. The van der Waals surface area contributed by atoms with E-state index in [1.165, 1.54) is 11.3 Å². The number of amides is 1. The number of carbonyl (C=O) groups is 1. The molecule has 0 saturated heterocycles. The number of rotatable bonds is 3. The van der Waals surface area contributed by atoms with E-state index >= 15 is 0 Å². The number of nitrogens with zero attached hydrogens (tertiary/aromatic N) is 1. The van der Waals surface area contributed by atoms with E-state index in [2.05, 4.69) is 16.9 Å². The van der Waals surface area contributed by atoms with Crippen molar-refractivity contribution in [1.29, 1.82) is 0 Å². The Morgan fingerprint density at radius 2 is 2.67 bits per heavy atom. The Hall–Kier alpha value is -1.16. The first kappa shape index (κ1) is 8.93. The fourth-order valence-electron chi connectivity index (χ4n) is 0.756. The van der Waals surface area contributed by atoms with Gasteiger partial charge < -0.3 is 5.32 Å². The maximum absolute atomic E-state index is 11.1. The molecular weight excluding hydrogens is 172 g/mol. The summed E-state index contributed by atoms with van der Waals surface area (Å²) in [5, 5.41) is 3.46. The Morgan fingerprint density at radius 3 is 3.25 bits per heavy atom. The van der Waals surface area contributed by atoms with Gasteiger partial charge in [-0.1, -0.05) is 6.08 Å². The van der Waals surface area contributed by atoms with E-state index < -0.39 is 0 Å². The highest BCUT2D eigenvalue weighted by Gasteiger charge is 2.06. The van der Waals surface area contributed by atoms with Gasteiger partial charge in [-0.2, -0.15) is 0 Å². The van der Waals surface area contributed by atoms with Gasteiger partial charge in [0.15, 0.2) is 0 Å². The van der Waals surface area contributed by atoms with Gasteiger partial charge >= 0.3 is 0 Å². The van der Waals surface area contributed by atoms with Gasteiger partial charge in [0, 0.05) is 13.5 Å². The van der Waals surface area contributed by atoms with Crippen LogP contribution in [-0.4, -0.2) is 17.9 Å². The van der Waals surface area contributed by atoms with Crippen LogP contribution in [0.25, 0.3) is 0 Å². The third-order valence-electron chi connectivity index (χ3n) is 1.32. The summed E-state index contributed by atoms with van der Waals surface area (Å²) in [7, 11) is 1.61. The summed E-state index contributed by atoms with van der Waals surface area (Å²) in [6.45, 7) is 3.60. The molecule has 1 N–H and O–H groups in total. The smallest absolute Gasteiger partial charge is 0.262 e. The number of allylic oxidation sites excluding steroid dienone is 1. The fourth-order valence-corrected chi connectivity index (χ4v) is 1.62. The van der Waals surface area contributed by atoms with E-state index in [1.807, 2.05) is 0 Å². The zero-order chi connectivity index (χ0) is 8.97. The van der Waals surface area contributed by atoms with Crippen LogP contribution in [0.1, 0.15) is 14.7 Å². The SMILES string of the molecule is C=CCc1ncc(C(=O)NC)s1. The molecule has 0 aromatic carbocycles. The van der Waals surface area contributed by atoms with E-state index in [0.717, 1.165) is 11.4 Å². The average molecular weight is 182 g/mol. The Labute approximate surface area is 75.1 Å². The first-order chi connectivity index (χ1) is 5.77. The number of nitrogens with one attached hydrogen (secondary N) is 1. The highest BCUT2D eigenvalue weighted by Crippen LogP contribution is 2.12. The van der Waals surface area contributed by atoms with Crippen molar-refractivity contribution in [3.8, 4) is 0 Å². The second-order valence-electron chi connectivity index (χ2n) is 2.19. The molecule has 0 aliphatic rings. The van der Waals surface area contributed by atoms with Crippen molar-refractivity contribution in [2.45, 2.75) is 6.42 Å². The van der Waals surface area contributed by atoms with E-state index in [0.29, 0.717) is 4.88 Å². The standard InChI is InChI=1S/C8H10N2OS/c1-3-4-7-10-5-6(12-7)8(11)9-2/h3,5H,1,4H2,2H3,(H,9,11). The van der Waals surface area contributed by atoms with Crippen molar-refractivity contribution >= 4 is 17.2 Å². The summed E-state index contributed by atoms with van der Waals surface area (Å²) in [6.07, 6.45) is 4.08. The summed E-state index contributed by atoms with van der Waals surface area (Å²) < 4.78 is 0. The summed E-state index contributed by atoms with van der Waals surface area (Å²) in [6, 6.07) is 0. The predicted molar refractivity (Wildman–Crippen MR) is 49.4 cm³/mol.